The van der Waals surface area contributed by atoms with E-state index in [2.05, 4.69) is 15.3 Å². The smallest absolute Gasteiger partial charge is 0.345 e. The molecule has 0 spiro atoms. The molecule has 1 amide bonds. The molecule has 0 atom stereocenters. The van der Waals surface area contributed by atoms with Crippen LogP contribution in [0.25, 0.3) is 22.5 Å². The second-order valence-corrected chi connectivity index (χ2v) is 7.00. The molecule has 0 fully saturated rings. The predicted octanol–water partition coefficient (Wildman–Crippen LogP) is 2.65. The van der Waals surface area contributed by atoms with Gasteiger partial charge >= 0.3 is 5.69 Å². The number of ether oxygens (including phenoxy) is 2. The molecule has 0 aliphatic heterocycles. The Balaban J connectivity index is 1.68. The Morgan fingerprint density at radius 2 is 1.87 bits per heavy atom. The second kappa shape index (κ2) is 10.4. The summed E-state index contributed by atoms with van der Waals surface area (Å²) in [7, 11) is 1.62. The second-order valence-electron chi connectivity index (χ2n) is 7.00. The highest BCUT2D eigenvalue weighted by molar-refractivity contribution is 5.77. The summed E-state index contributed by atoms with van der Waals surface area (Å²) in [5.41, 5.74) is 2.84. The third kappa shape index (κ3) is 6.16. The van der Waals surface area contributed by atoms with Crippen LogP contribution in [-0.4, -0.2) is 47.8 Å². The van der Waals surface area contributed by atoms with Gasteiger partial charge < -0.3 is 24.9 Å². The third-order valence-electron chi connectivity index (χ3n) is 4.62. The number of benzene rings is 2. The maximum absolute atomic E-state index is 12.1. The van der Waals surface area contributed by atoms with E-state index in [1.165, 1.54) is 0 Å². The van der Waals surface area contributed by atoms with E-state index in [9.17, 15) is 14.7 Å². The van der Waals surface area contributed by atoms with Crippen molar-refractivity contribution in [3.63, 3.8) is 0 Å². The van der Waals surface area contributed by atoms with Gasteiger partial charge in [0.15, 0.2) is 6.61 Å². The summed E-state index contributed by atoms with van der Waals surface area (Å²) in [4.78, 5) is 30.6. The van der Waals surface area contributed by atoms with E-state index in [1.54, 1.807) is 62.6 Å². The van der Waals surface area contributed by atoms with Gasteiger partial charge in [0.2, 0.25) is 0 Å². The fraction of sp³-hybridized carbons (Fsp3) is 0.261. The molecule has 1 heterocycles. The molecule has 0 saturated heterocycles. The Morgan fingerprint density at radius 1 is 1.13 bits per heavy atom. The zero-order valence-electron chi connectivity index (χ0n) is 17.5. The molecular weight excluding hydrogens is 398 g/mol. The number of amides is 1. The number of hydrogen-bond acceptors (Lipinski definition) is 6. The number of carbonyl (C=O) groups is 1. The molecule has 0 aliphatic carbocycles. The van der Waals surface area contributed by atoms with Crippen molar-refractivity contribution in [3.8, 4) is 34.0 Å². The van der Waals surface area contributed by atoms with Crippen LogP contribution in [0.1, 0.15) is 12.0 Å². The minimum atomic E-state index is -0.469. The normalized spacial score (nSPS) is 10.6. The lowest BCUT2D eigenvalue weighted by atomic mass is 10.1. The van der Waals surface area contributed by atoms with Crippen molar-refractivity contribution < 1.29 is 19.4 Å². The first kappa shape index (κ1) is 22.0. The van der Waals surface area contributed by atoms with Crippen LogP contribution in [0, 0.1) is 6.92 Å². The number of H-pyrrole nitrogens is 1. The third-order valence-corrected chi connectivity index (χ3v) is 4.62. The summed E-state index contributed by atoms with van der Waals surface area (Å²) in [6, 6.07) is 13.9. The number of aromatic hydroxyl groups is 1. The number of phenolic OH excluding ortho intramolecular Hbond substituents is 1. The van der Waals surface area contributed by atoms with Crippen molar-refractivity contribution >= 4 is 5.91 Å². The highest BCUT2D eigenvalue weighted by atomic mass is 16.5. The van der Waals surface area contributed by atoms with Gasteiger partial charge in [0.1, 0.15) is 11.5 Å². The average Bonchev–Trinajstić information content (AvgIpc) is 2.77. The minimum Gasteiger partial charge on any atom is -0.508 e. The Bertz CT molecular complexity index is 1090. The van der Waals surface area contributed by atoms with E-state index in [-0.39, 0.29) is 18.3 Å². The van der Waals surface area contributed by atoms with E-state index < -0.39 is 5.69 Å². The van der Waals surface area contributed by atoms with Gasteiger partial charge in [0, 0.05) is 25.8 Å². The Labute approximate surface area is 179 Å². The number of aryl methyl sites for hydroxylation is 1. The van der Waals surface area contributed by atoms with Gasteiger partial charge in [-0.25, -0.2) is 4.79 Å². The van der Waals surface area contributed by atoms with Crippen molar-refractivity contribution in [1.29, 1.82) is 0 Å². The predicted molar refractivity (Wildman–Crippen MR) is 117 cm³/mol. The average molecular weight is 423 g/mol. The van der Waals surface area contributed by atoms with E-state index in [0.717, 1.165) is 17.5 Å². The van der Waals surface area contributed by atoms with Crippen molar-refractivity contribution in [2.24, 2.45) is 0 Å². The van der Waals surface area contributed by atoms with Gasteiger partial charge in [-0.2, -0.15) is 4.98 Å². The molecule has 162 valence electrons. The number of carbonyl (C=O) groups excluding carboxylic acids is 1. The first-order valence-electron chi connectivity index (χ1n) is 9.86. The Hall–Kier alpha value is -3.65. The fourth-order valence-electron chi connectivity index (χ4n) is 2.95. The van der Waals surface area contributed by atoms with Crippen molar-refractivity contribution in [1.82, 2.24) is 15.3 Å². The van der Waals surface area contributed by atoms with Crippen LogP contribution < -0.4 is 15.7 Å². The maximum atomic E-state index is 12.1. The van der Waals surface area contributed by atoms with Crippen LogP contribution in [0.3, 0.4) is 0 Å². The molecule has 1 aromatic heterocycles. The standard InChI is InChI=1S/C23H25N3O5/c1-15-12-17(6-9-21(15)27)20-13-19(25-23(29)26-20)16-4-7-18(8-5-16)31-14-22(28)24-10-3-11-30-2/h4-9,12-13,27H,3,10-11,14H2,1-2H3,(H,24,28)(H,25,26,29). The van der Waals surface area contributed by atoms with E-state index in [4.69, 9.17) is 9.47 Å². The van der Waals surface area contributed by atoms with Crippen LogP contribution in [0.15, 0.2) is 53.3 Å². The number of methoxy groups -OCH3 is 1. The highest BCUT2D eigenvalue weighted by Gasteiger charge is 2.08. The summed E-state index contributed by atoms with van der Waals surface area (Å²) < 4.78 is 10.4. The Kier molecular flexibility index (Phi) is 7.40. The number of aromatic nitrogens is 2. The molecular formula is C23H25N3O5. The molecule has 2 aromatic carbocycles. The molecule has 8 heteroatoms. The summed E-state index contributed by atoms with van der Waals surface area (Å²) in [5, 5.41) is 12.5. The van der Waals surface area contributed by atoms with Crippen LogP contribution in [0.2, 0.25) is 0 Å². The lowest BCUT2D eigenvalue weighted by Gasteiger charge is -2.09. The lowest BCUT2D eigenvalue weighted by molar-refractivity contribution is -0.123. The maximum Gasteiger partial charge on any atom is 0.345 e. The van der Waals surface area contributed by atoms with Crippen molar-refractivity contribution in [2.45, 2.75) is 13.3 Å². The van der Waals surface area contributed by atoms with Crippen LogP contribution >= 0.6 is 0 Å². The highest BCUT2D eigenvalue weighted by Crippen LogP contribution is 2.26. The monoisotopic (exact) mass is 423 g/mol. The van der Waals surface area contributed by atoms with Gasteiger partial charge in [-0.3, -0.25) is 4.79 Å². The van der Waals surface area contributed by atoms with Crippen molar-refractivity contribution in [3.05, 3.63) is 64.6 Å². The molecule has 8 nitrogen and oxygen atoms in total. The molecule has 3 aromatic rings. The SMILES string of the molecule is COCCCNC(=O)COc1ccc(-c2cc(-c3ccc(O)c(C)c3)nc(=O)[nH]2)cc1. The Morgan fingerprint density at radius 3 is 2.58 bits per heavy atom. The van der Waals surface area contributed by atoms with E-state index in [0.29, 0.717) is 35.9 Å². The number of aromatic amines is 1. The number of hydrogen-bond donors (Lipinski definition) is 3. The molecule has 0 bridgehead atoms. The van der Waals surface area contributed by atoms with Gasteiger partial charge in [-0.1, -0.05) is 0 Å². The number of phenols is 1. The van der Waals surface area contributed by atoms with E-state index in [1.807, 2.05) is 0 Å². The van der Waals surface area contributed by atoms with Gasteiger partial charge in [0.25, 0.3) is 5.91 Å². The van der Waals surface area contributed by atoms with Gasteiger partial charge in [-0.15, -0.1) is 0 Å². The zero-order valence-corrected chi connectivity index (χ0v) is 17.5. The first-order chi connectivity index (χ1) is 15.0. The van der Waals surface area contributed by atoms with E-state index >= 15 is 0 Å². The molecule has 0 unspecified atom stereocenters. The van der Waals surface area contributed by atoms with Gasteiger partial charge in [-0.05, 0) is 73.0 Å². The lowest BCUT2D eigenvalue weighted by Crippen LogP contribution is -2.30. The summed E-state index contributed by atoms with van der Waals surface area (Å²) in [6.07, 6.45) is 0.743. The molecule has 0 radical (unpaired) electrons. The summed E-state index contributed by atoms with van der Waals surface area (Å²) >= 11 is 0. The topological polar surface area (TPSA) is 114 Å². The van der Waals surface area contributed by atoms with Crippen LogP contribution in [-0.2, 0) is 9.53 Å². The van der Waals surface area contributed by atoms with Crippen LogP contribution in [0.5, 0.6) is 11.5 Å². The summed E-state index contributed by atoms with van der Waals surface area (Å²) in [5.74, 6) is 0.530. The quantitative estimate of drug-likeness (QED) is 0.456. The first-order valence-corrected chi connectivity index (χ1v) is 9.86. The van der Waals surface area contributed by atoms with Crippen molar-refractivity contribution in [2.75, 3.05) is 26.9 Å². The molecule has 0 aliphatic rings. The number of nitrogens with zero attached hydrogens (tertiary/aromatic N) is 1. The largest absolute Gasteiger partial charge is 0.508 e. The zero-order chi connectivity index (χ0) is 22.2. The molecule has 0 saturated carbocycles. The number of rotatable bonds is 9. The fourth-order valence-corrected chi connectivity index (χ4v) is 2.95. The number of nitrogens with one attached hydrogen (secondary N) is 2. The molecule has 3 N–H and O–H groups in total. The minimum absolute atomic E-state index is 0.0806. The summed E-state index contributed by atoms with van der Waals surface area (Å²) in [6.45, 7) is 2.83. The molecule has 31 heavy (non-hydrogen) atoms. The molecule has 3 rings (SSSR count). The van der Waals surface area contributed by atoms with Gasteiger partial charge in [0.05, 0.1) is 11.4 Å². The van der Waals surface area contributed by atoms with Crippen LogP contribution in [0.4, 0.5) is 0 Å².